The molecule has 4 heteroatoms. The number of nitrogens with one attached hydrogen (secondary N) is 1. The van der Waals surface area contributed by atoms with Crippen molar-refractivity contribution in [1.29, 1.82) is 0 Å². The second-order valence-electron chi connectivity index (χ2n) is 5.42. The van der Waals surface area contributed by atoms with Crippen LogP contribution in [0.1, 0.15) is 24.8 Å². The van der Waals surface area contributed by atoms with Crippen LogP contribution < -0.4 is 10.2 Å². The number of para-hydroxylation sites is 1. The zero-order valence-corrected chi connectivity index (χ0v) is 13.3. The first-order valence-corrected chi connectivity index (χ1v) is 7.98. The van der Waals surface area contributed by atoms with Gasteiger partial charge in [-0.1, -0.05) is 35.9 Å². The number of nitrogens with zero attached hydrogens (tertiary/aromatic N) is 1. The van der Waals surface area contributed by atoms with Crippen LogP contribution in [0, 0.1) is 0 Å². The third kappa shape index (κ3) is 2.81. The van der Waals surface area contributed by atoms with Gasteiger partial charge in [-0.05, 0) is 43.2 Å². The lowest BCUT2D eigenvalue weighted by Gasteiger charge is -2.31. The van der Waals surface area contributed by atoms with E-state index in [-0.39, 0.29) is 11.8 Å². The number of likely N-dealkylation sites (N-methyl/N-ethyl adjacent to an activating group) is 1. The Kier molecular flexibility index (Phi) is 4.34. The summed E-state index contributed by atoms with van der Waals surface area (Å²) in [5.74, 6) is 0.0371. The first-order chi connectivity index (χ1) is 10.7. The van der Waals surface area contributed by atoms with E-state index in [0.717, 1.165) is 29.9 Å². The molecule has 0 spiro atoms. The molecule has 1 atom stereocenters. The highest BCUT2D eigenvalue weighted by Gasteiger charge is 2.29. The van der Waals surface area contributed by atoms with Crippen LogP contribution >= 0.6 is 11.6 Å². The Morgan fingerprint density at radius 1 is 1.27 bits per heavy atom. The molecule has 1 unspecified atom stereocenters. The van der Waals surface area contributed by atoms with Crippen molar-refractivity contribution in [3.63, 3.8) is 0 Å². The van der Waals surface area contributed by atoms with Crippen molar-refractivity contribution >= 4 is 28.9 Å². The molecule has 22 heavy (non-hydrogen) atoms. The molecule has 1 aliphatic rings. The molecule has 0 aromatic heterocycles. The van der Waals surface area contributed by atoms with E-state index in [1.165, 1.54) is 0 Å². The number of fused-ring (bicyclic) bond motifs is 1. The van der Waals surface area contributed by atoms with E-state index in [1.807, 2.05) is 60.4 Å². The van der Waals surface area contributed by atoms with E-state index in [1.54, 1.807) is 0 Å². The van der Waals surface area contributed by atoms with E-state index in [0.29, 0.717) is 11.6 Å². The number of hydrogen-bond acceptors (Lipinski definition) is 2. The molecule has 1 heterocycles. The average Bonchev–Trinajstić information content (AvgIpc) is 2.55. The number of anilines is 2. The number of benzene rings is 2. The summed E-state index contributed by atoms with van der Waals surface area (Å²) in [6.45, 7) is 3.44. The van der Waals surface area contributed by atoms with Gasteiger partial charge in [-0.25, -0.2) is 0 Å². The van der Waals surface area contributed by atoms with Crippen molar-refractivity contribution in [3.05, 3.63) is 59.1 Å². The topological polar surface area (TPSA) is 32.3 Å². The lowest BCUT2D eigenvalue weighted by atomic mass is 9.89. The summed E-state index contributed by atoms with van der Waals surface area (Å²) in [5, 5.41) is 4.01. The fourth-order valence-electron chi connectivity index (χ4n) is 3.02. The number of hydrogen-bond donors (Lipinski definition) is 1. The van der Waals surface area contributed by atoms with Crippen molar-refractivity contribution in [2.24, 2.45) is 0 Å². The van der Waals surface area contributed by atoms with Gasteiger partial charge in [0.2, 0.25) is 5.91 Å². The number of halogens is 1. The molecule has 1 N–H and O–H groups in total. The van der Waals surface area contributed by atoms with Crippen LogP contribution in [0.4, 0.5) is 11.4 Å². The molecule has 0 aliphatic carbocycles. The highest BCUT2D eigenvalue weighted by atomic mass is 35.5. The first kappa shape index (κ1) is 14.9. The first-order valence-electron chi connectivity index (χ1n) is 7.60. The van der Waals surface area contributed by atoms with E-state index in [9.17, 15) is 4.79 Å². The summed E-state index contributed by atoms with van der Waals surface area (Å²) in [6, 6.07) is 15.5. The van der Waals surface area contributed by atoms with Crippen molar-refractivity contribution in [3.8, 4) is 0 Å². The Morgan fingerprint density at radius 2 is 2.09 bits per heavy atom. The van der Waals surface area contributed by atoms with Crippen molar-refractivity contribution in [2.75, 3.05) is 23.3 Å². The predicted molar refractivity (Wildman–Crippen MR) is 91.8 cm³/mol. The van der Waals surface area contributed by atoms with Gasteiger partial charge in [0.05, 0.1) is 5.92 Å². The Hall–Kier alpha value is -2.00. The van der Waals surface area contributed by atoms with Crippen molar-refractivity contribution in [2.45, 2.75) is 19.3 Å². The minimum Gasteiger partial charge on any atom is -0.385 e. The average molecular weight is 315 g/mol. The Balaban J connectivity index is 1.93. The maximum Gasteiger partial charge on any atom is 0.234 e. The molecule has 3 nitrogen and oxygen atoms in total. The van der Waals surface area contributed by atoms with Gasteiger partial charge < -0.3 is 10.2 Å². The van der Waals surface area contributed by atoms with Crippen LogP contribution in [-0.4, -0.2) is 19.0 Å². The summed E-state index contributed by atoms with van der Waals surface area (Å²) < 4.78 is 0. The maximum absolute atomic E-state index is 13.1. The number of amides is 1. The fraction of sp³-hybridized carbons (Fsp3) is 0.278. The molecule has 0 bridgehead atoms. The van der Waals surface area contributed by atoms with Crippen LogP contribution in [0.3, 0.4) is 0 Å². The normalized spacial score (nSPS) is 16.5. The smallest absolute Gasteiger partial charge is 0.234 e. The van der Waals surface area contributed by atoms with E-state index >= 15 is 0 Å². The second kappa shape index (κ2) is 6.41. The van der Waals surface area contributed by atoms with Gasteiger partial charge in [0.15, 0.2) is 0 Å². The lowest BCUT2D eigenvalue weighted by molar-refractivity contribution is -0.120. The molecular weight excluding hydrogens is 296 g/mol. The summed E-state index contributed by atoms with van der Waals surface area (Å²) in [5.41, 5.74) is 3.00. The van der Waals surface area contributed by atoms with Crippen molar-refractivity contribution < 1.29 is 4.79 Å². The molecule has 2 aromatic rings. The molecule has 3 rings (SSSR count). The van der Waals surface area contributed by atoms with Crippen LogP contribution in [0.2, 0.25) is 5.02 Å². The molecule has 1 amide bonds. The molecule has 114 valence electrons. The van der Waals surface area contributed by atoms with Crippen LogP contribution in [0.15, 0.2) is 48.5 Å². The van der Waals surface area contributed by atoms with Gasteiger partial charge in [0.1, 0.15) is 0 Å². The predicted octanol–water partition coefficient (Wildman–Crippen LogP) is 4.29. The van der Waals surface area contributed by atoms with Crippen LogP contribution in [0.5, 0.6) is 0 Å². The lowest BCUT2D eigenvalue weighted by Crippen LogP contribution is -2.37. The zero-order valence-electron chi connectivity index (χ0n) is 12.6. The summed E-state index contributed by atoms with van der Waals surface area (Å²) >= 11 is 6.07. The van der Waals surface area contributed by atoms with E-state index in [2.05, 4.69) is 5.32 Å². The maximum atomic E-state index is 13.1. The minimum atomic E-state index is -0.101. The highest BCUT2D eigenvalue weighted by molar-refractivity contribution is 6.30. The van der Waals surface area contributed by atoms with E-state index < -0.39 is 0 Å². The molecule has 1 aliphatic heterocycles. The molecule has 0 fully saturated rings. The summed E-state index contributed by atoms with van der Waals surface area (Å²) in [6.07, 6.45) is 0.812. The monoisotopic (exact) mass is 314 g/mol. The fourth-order valence-corrected chi connectivity index (χ4v) is 3.21. The summed E-state index contributed by atoms with van der Waals surface area (Å²) in [7, 11) is 0. The molecule has 0 saturated heterocycles. The minimum absolute atomic E-state index is 0.101. The quantitative estimate of drug-likeness (QED) is 0.916. The third-order valence-electron chi connectivity index (χ3n) is 4.08. The van der Waals surface area contributed by atoms with E-state index in [4.69, 9.17) is 11.6 Å². The standard InChI is InChI=1S/C18H19ClN2O/c1-2-21(14-7-5-6-13(19)12-14)18(22)16-10-11-20-17-9-4-3-8-15(16)17/h3-9,12,16,20H,2,10-11H2,1H3. The van der Waals surface area contributed by atoms with Gasteiger partial charge in [-0.15, -0.1) is 0 Å². The van der Waals surface area contributed by atoms with Crippen LogP contribution in [0.25, 0.3) is 0 Å². The van der Waals surface area contributed by atoms with Gasteiger partial charge in [-0.2, -0.15) is 0 Å². The van der Waals surface area contributed by atoms with Crippen molar-refractivity contribution in [1.82, 2.24) is 0 Å². The van der Waals surface area contributed by atoms with Gasteiger partial charge in [0, 0.05) is 29.5 Å². The highest BCUT2D eigenvalue weighted by Crippen LogP contribution is 2.34. The van der Waals surface area contributed by atoms with Gasteiger partial charge >= 0.3 is 0 Å². The Labute approximate surface area is 135 Å². The van der Waals surface area contributed by atoms with Gasteiger partial charge in [0.25, 0.3) is 0 Å². The number of rotatable bonds is 3. The number of carbonyl (C=O) groups excluding carboxylic acids is 1. The third-order valence-corrected chi connectivity index (χ3v) is 4.32. The molecule has 0 saturated carbocycles. The molecule has 0 radical (unpaired) electrons. The summed E-state index contributed by atoms with van der Waals surface area (Å²) in [4.78, 5) is 14.9. The Bertz CT molecular complexity index is 686. The SMILES string of the molecule is CCN(C(=O)C1CCNc2ccccc21)c1cccc(Cl)c1. The second-order valence-corrected chi connectivity index (χ2v) is 5.85. The number of carbonyl (C=O) groups is 1. The molecular formula is C18H19ClN2O. The van der Waals surface area contributed by atoms with Gasteiger partial charge in [-0.3, -0.25) is 4.79 Å². The van der Waals surface area contributed by atoms with Crippen LogP contribution in [-0.2, 0) is 4.79 Å². The largest absolute Gasteiger partial charge is 0.385 e. The zero-order chi connectivity index (χ0) is 15.5. The molecule has 2 aromatic carbocycles. The Morgan fingerprint density at radius 3 is 2.86 bits per heavy atom.